The number of aliphatic hydroxyl groups excluding tert-OH is 1. The van der Waals surface area contributed by atoms with E-state index >= 15 is 0 Å². The Labute approximate surface area is 216 Å². The molecule has 6 rings (SSSR count). The number of piperidine rings is 1. The van der Waals surface area contributed by atoms with Gasteiger partial charge in [0, 0.05) is 41.9 Å². The SMILES string of the molecule is Cc1ccncc1C1(C#N)CCN(c2cc3c(=O)n([C@H]4CCCC[C@@H]4O)cnc3c3ccccc23)CC1. The van der Waals surface area contributed by atoms with Crippen LogP contribution in [-0.2, 0) is 5.41 Å². The van der Waals surface area contributed by atoms with E-state index in [2.05, 4.69) is 22.0 Å². The van der Waals surface area contributed by atoms with Gasteiger partial charge in [0.15, 0.2) is 0 Å². The van der Waals surface area contributed by atoms with Crippen molar-refractivity contribution in [1.29, 1.82) is 5.26 Å². The molecule has 1 saturated heterocycles. The molecule has 2 atom stereocenters. The number of anilines is 1. The second-order valence-corrected chi connectivity index (χ2v) is 10.6. The molecule has 1 saturated carbocycles. The van der Waals surface area contributed by atoms with Crippen LogP contribution < -0.4 is 10.5 Å². The molecule has 1 N–H and O–H groups in total. The molecule has 7 nitrogen and oxygen atoms in total. The summed E-state index contributed by atoms with van der Waals surface area (Å²) in [5.74, 6) is 0. The van der Waals surface area contributed by atoms with E-state index in [0.717, 1.165) is 46.8 Å². The third-order valence-electron chi connectivity index (χ3n) is 8.55. The number of benzene rings is 2. The lowest BCUT2D eigenvalue weighted by Crippen LogP contribution is -2.42. The predicted molar refractivity (Wildman–Crippen MR) is 145 cm³/mol. The molecule has 0 radical (unpaired) electrons. The maximum absolute atomic E-state index is 13.8. The standard InChI is InChI=1S/C30H31N5O2/c1-20-10-13-32-17-24(20)30(18-31)11-14-34(15-12-30)26-16-23-28(22-7-3-2-6-21(22)26)33-19-35(29(23)37)25-8-4-5-9-27(25)36/h2-3,6-7,10,13,16-17,19,25,27,36H,4-5,8-9,11-12,14-15H2,1H3/t25-,27-/m0/s1. The number of aromatic nitrogens is 3. The van der Waals surface area contributed by atoms with Gasteiger partial charge in [-0.2, -0.15) is 5.26 Å². The summed E-state index contributed by atoms with van der Waals surface area (Å²) in [7, 11) is 0. The minimum atomic E-state index is -0.563. The third kappa shape index (κ3) is 3.87. The number of fused-ring (bicyclic) bond motifs is 3. The lowest BCUT2D eigenvalue weighted by molar-refractivity contribution is 0.0735. The van der Waals surface area contributed by atoms with Gasteiger partial charge in [-0.1, -0.05) is 37.1 Å². The van der Waals surface area contributed by atoms with Crippen LogP contribution in [0.25, 0.3) is 21.7 Å². The van der Waals surface area contributed by atoms with E-state index in [-0.39, 0.29) is 11.6 Å². The minimum Gasteiger partial charge on any atom is -0.391 e. The second kappa shape index (κ2) is 9.28. The van der Waals surface area contributed by atoms with Crippen LogP contribution in [0.4, 0.5) is 5.69 Å². The topological polar surface area (TPSA) is 95.0 Å². The first kappa shape index (κ1) is 23.6. The van der Waals surface area contributed by atoms with Crippen molar-refractivity contribution in [2.75, 3.05) is 18.0 Å². The number of hydrogen-bond donors (Lipinski definition) is 1. The van der Waals surface area contributed by atoms with Gasteiger partial charge in [-0.25, -0.2) is 4.98 Å². The van der Waals surface area contributed by atoms with Crippen LogP contribution in [0.2, 0.25) is 0 Å². The van der Waals surface area contributed by atoms with Gasteiger partial charge in [0.25, 0.3) is 5.56 Å². The summed E-state index contributed by atoms with van der Waals surface area (Å²) in [5.41, 5.74) is 3.14. The molecule has 3 heterocycles. The van der Waals surface area contributed by atoms with E-state index in [1.54, 1.807) is 17.1 Å². The Morgan fingerprint density at radius 1 is 1.08 bits per heavy atom. The first-order valence-electron chi connectivity index (χ1n) is 13.2. The van der Waals surface area contributed by atoms with Gasteiger partial charge >= 0.3 is 0 Å². The summed E-state index contributed by atoms with van der Waals surface area (Å²) < 4.78 is 1.65. The maximum Gasteiger partial charge on any atom is 0.261 e. The van der Waals surface area contributed by atoms with Crippen molar-refractivity contribution in [3.63, 3.8) is 0 Å². The number of nitriles is 1. The van der Waals surface area contributed by atoms with Crippen molar-refractivity contribution < 1.29 is 5.11 Å². The quantitative estimate of drug-likeness (QED) is 0.412. The molecule has 0 unspecified atom stereocenters. The number of rotatable bonds is 3. The van der Waals surface area contributed by atoms with Crippen molar-refractivity contribution >= 4 is 27.4 Å². The first-order chi connectivity index (χ1) is 18.0. The van der Waals surface area contributed by atoms with Crippen LogP contribution in [0, 0.1) is 18.3 Å². The van der Waals surface area contributed by atoms with E-state index < -0.39 is 11.5 Å². The average molecular weight is 494 g/mol. The molecule has 0 spiro atoms. The van der Waals surface area contributed by atoms with E-state index in [4.69, 9.17) is 4.98 Å². The normalized spacial score (nSPS) is 21.7. The molecule has 1 aliphatic heterocycles. The first-order valence-corrected chi connectivity index (χ1v) is 13.2. The van der Waals surface area contributed by atoms with E-state index in [9.17, 15) is 15.2 Å². The van der Waals surface area contributed by atoms with Crippen molar-refractivity contribution in [2.45, 2.75) is 63.0 Å². The molecular formula is C30H31N5O2. The fourth-order valence-corrected chi connectivity index (χ4v) is 6.40. The number of aryl methyl sites for hydroxylation is 1. The van der Waals surface area contributed by atoms with Gasteiger partial charge in [0.05, 0.1) is 40.9 Å². The Morgan fingerprint density at radius 2 is 1.84 bits per heavy atom. The van der Waals surface area contributed by atoms with Gasteiger partial charge in [-0.15, -0.1) is 0 Å². The minimum absolute atomic E-state index is 0.0997. The molecule has 7 heteroatoms. The Kier molecular flexibility index (Phi) is 5.92. The largest absolute Gasteiger partial charge is 0.391 e. The number of nitrogens with zero attached hydrogens (tertiary/aromatic N) is 5. The molecule has 2 aromatic heterocycles. The second-order valence-electron chi connectivity index (χ2n) is 10.6. The molecule has 4 aromatic rings. The molecule has 2 fully saturated rings. The van der Waals surface area contributed by atoms with Crippen LogP contribution in [-0.4, -0.2) is 38.8 Å². The van der Waals surface area contributed by atoms with Gasteiger partial charge in [0.1, 0.15) is 0 Å². The Morgan fingerprint density at radius 3 is 2.57 bits per heavy atom. The summed E-state index contributed by atoms with van der Waals surface area (Å²) in [6, 6.07) is 14.4. The zero-order valence-electron chi connectivity index (χ0n) is 21.1. The molecule has 1 aliphatic carbocycles. The highest BCUT2D eigenvalue weighted by Crippen LogP contribution is 2.40. The molecule has 37 heavy (non-hydrogen) atoms. The zero-order chi connectivity index (χ0) is 25.6. The average Bonchev–Trinajstić information content (AvgIpc) is 2.94. The summed E-state index contributed by atoms with van der Waals surface area (Å²) in [4.78, 5) is 25.1. The molecule has 0 amide bonds. The monoisotopic (exact) mass is 493 g/mol. The molecule has 188 valence electrons. The van der Waals surface area contributed by atoms with Crippen molar-refractivity contribution in [2.24, 2.45) is 0 Å². The van der Waals surface area contributed by atoms with Gasteiger partial charge < -0.3 is 10.0 Å². The lowest BCUT2D eigenvalue weighted by Gasteiger charge is -2.39. The highest BCUT2D eigenvalue weighted by atomic mass is 16.3. The molecule has 2 aliphatic rings. The van der Waals surface area contributed by atoms with Crippen molar-refractivity contribution in [3.05, 3.63) is 76.6 Å². The number of aliphatic hydroxyl groups is 1. The van der Waals surface area contributed by atoms with Crippen molar-refractivity contribution in [3.8, 4) is 6.07 Å². The highest BCUT2D eigenvalue weighted by molar-refractivity contribution is 6.11. The number of pyridine rings is 1. The van der Waals surface area contributed by atoms with Crippen molar-refractivity contribution in [1.82, 2.24) is 14.5 Å². The van der Waals surface area contributed by atoms with Gasteiger partial charge in [-0.3, -0.25) is 14.3 Å². The van der Waals surface area contributed by atoms with Crippen LogP contribution >= 0.6 is 0 Å². The van der Waals surface area contributed by atoms with E-state index in [1.807, 2.05) is 43.5 Å². The lowest BCUT2D eigenvalue weighted by atomic mass is 9.73. The Bertz CT molecular complexity index is 1580. The van der Waals surface area contributed by atoms with Gasteiger partial charge in [-0.05, 0) is 55.9 Å². The molecule has 0 bridgehead atoms. The fraction of sp³-hybridized carbons (Fsp3) is 0.400. The van der Waals surface area contributed by atoms with Crippen LogP contribution in [0.5, 0.6) is 0 Å². The predicted octanol–water partition coefficient (Wildman–Crippen LogP) is 4.79. The number of hydrogen-bond acceptors (Lipinski definition) is 6. The van der Waals surface area contributed by atoms with E-state index in [0.29, 0.717) is 43.3 Å². The highest BCUT2D eigenvalue weighted by Gasteiger charge is 2.38. The molecule has 2 aromatic carbocycles. The third-order valence-corrected chi connectivity index (χ3v) is 8.55. The summed E-state index contributed by atoms with van der Waals surface area (Å²) in [5, 5.41) is 23.4. The maximum atomic E-state index is 13.8. The fourth-order valence-electron chi connectivity index (χ4n) is 6.40. The summed E-state index contributed by atoms with van der Waals surface area (Å²) >= 11 is 0. The van der Waals surface area contributed by atoms with Gasteiger partial charge in [0.2, 0.25) is 0 Å². The molecular weight excluding hydrogens is 462 g/mol. The van der Waals surface area contributed by atoms with Crippen LogP contribution in [0.1, 0.15) is 55.7 Å². The Hall–Kier alpha value is -3.76. The Balaban J connectivity index is 1.43. The summed E-state index contributed by atoms with van der Waals surface area (Å²) in [6.45, 7) is 3.45. The van der Waals surface area contributed by atoms with Crippen LogP contribution in [0.3, 0.4) is 0 Å². The smallest absolute Gasteiger partial charge is 0.261 e. The van der Waals surface area contributed by atoms with Crippen LogP contribution in [0.15, 0.2) is 59.9 Å². The zero-order valence-corrected chi connectivity index (χ0v) is 21.1. The summed E-state index contributed by atoms with van der Waals surface area (Å²) in [6.07, 6.45) is 9.56. The van der Waals surface area contributed by atoms with E-state index in [1.165, 1.54) is 0 Å².